The van der Waals surface area contributed by atoms with Gasteiger partial charge in [0.15, 0.2) is 0 Å². The highest BCUT2D eigenvalue weighted by molar-refractivity contribution is 6.35. The molecule has 0 unspecified atom stereocenters. The van der Waals surface area contributed by atoms with Crippen LogP contribution in [0.15, 0.2) is 28.9 Å². The fraction of sp³-hybridized carbons (Fsp3) is 0.111. The zero-order valence-corrected chi connectivity index (χ0v) is 7.01. The minimum Gasteiger partial charge on any atom is -0.464 e. The Kier molecular flexibility index (Phi) is 1.79. The van der Waals surface area contributed by atoms with Crippen LogP contribution >= 0.6 is 11.6 Å². The van der Waals surface area contributed by atoms with E-state index < -0.39 is 0 Å². The summed E-state index contributed by atoms with van der Waals surface area (Å²) in [4.78, 5) is 0. The molecule has 62 valence electrons. The molecule has 0 saturated heterocycles. The van der Waals surface area contributed by atoms with Crippen LogP contribution in [0.1, 0.15) is 5.56 Å². The Bertz CT molecular complexity index is 406. The lowest BCUT2D eigenvalue weighted by Gasteiger charge is -1.93. The normalized spacial score (nSPS) is 10.8. The Morgan fingerprint density at radius 2 is 2.25 bits per heavy atom. The van der Waals surface area contributed by atoms with E-state index in [0.717, 1.165) is 10.9 Å². The van der Waals surface area contributed by atoms with Gasteiger partial charge in [0.05, 0.1) is 17.9 Å². The van der Waals surface area contributed by atoms with Crippen LogP contribution in [0.3, 0.4) is 0 Å². The summed E-state index contributed by atoms with van der Waals surface area (Å²) in [6, 6.07) is 5.41. The summed E-state index contributed by atoms with van der Waals surface area (Å²) in [5, 5.41) is 10.4. The van der Waals surface area contributed by atoms with Crippen LogP contribution < -0.4 is 0 Å². The maximum Gasteiger partial charge on any atom is 0.135 e. The van der Waals surface area contributed by atoms with Gasteiger partial charge < -0.3 is 9.52 Å². The summed E-state index contributed by atoms with van der Waals surface area (Å²) in [6.07, 6.45) is 1.52. The zero-order chi connectivity index (χ0) is 8.55. The van der Waals surface area contributed by atoms with Crippen molar-refractivity contribution in [3.05, 3.63) is 35.0 Å². The molecule has 2 aromatic rings. The summed E-state index contributed by atoms with van der Waals surface area (Å²) >= 11 is 5.91. The van der Waals surface area contributed by atoms with Crippen molar-refractivity contribution >= 4 is 22.6 Å². The summed E-state index contributed by atoms with van der Waals surface area (Å²) < 4.78 is 5.18. The third-order valence-electron chi connectivity index (χ3n) is 1.79. The summed E-state index contributed by atoms with van der Waals surface area (Å²) in [7, 11) is 0. The smallest absolute Gasteiger partial charge is 0.135 e. The predicted octanol–water partition coefficient (Wildman–Crippen LogP) is 2.58. The van der Waals surface area contributed by atoms with E-state index in [1.807, 2.05) is 12.1 Å². The Morgan fingerprint density at radius 3 is 3.00 bits per heavy atom. The molecule has 0 fully saturated rings. The molecule has 3 heteroatoms. The molecule has 0 aliphatic rings. The molecular weight excluding hydrogens is 176 g/mol. The second kappa shape index (κ2) is 2.81. The first kappa shape index (κ1) is 7.65. The van der Waals surface area contributed by atoms with Crippen molar-refractivity contribution in [3.63, 3.8) is 0 Å². The molecule has 0 radical (unpaired) electrons. The predicted molar refractivity (Wildman–Crippen MR) is 47.1 cm³/mol. The Hall–Kier alpha value is -0.990. The number of halogens is 1. The van der Waals surface area contributed by atoms with Crippen molar-refractivity contribution in [3.8, 4) is 0 Å². The molecule has 0 aliphatic carbocycles. The van der Waals surface area contributed by atoms with Gasteiger partial charge in [0.2, 0.25) is 0 Å². The highest BCUT2D eigenvalue weighted by atomic mass is 35.5. The Balaban J connectivity index is 2.83. The topological polar surface area (TPSA) is 33.4 Å². The maximum atomic E-state index is 8.93. The summed E-state index contributed by atoms with van der Waals surface area (Å²) in [6.45, 7) is -0.0449. The van der Waals surface area contributed by atoms with Gasteiger partial charge in [0.25, 0.3) is 0 Å². The third-order valence-corrected chi connectivity index (χ3v) is 2.11. The van der Waals surface area contributed by atoms with Crippen LogP contribution in [-0.2, 0) is 6.61 Å². The molecule has 1 aromatic carbocycles. The molecule has 1 aromatic heterocycles. The van der Waals surface area contributed by atoms with Gasteiger partial charge in [0, 0.05) is 10.9 Å². The minimum atomic E-state index is -0.0449. The first-order valence-electron chi connectivity index (χ1n) is 3.58. The first-order valence-corrected chi connectivity index (χ1v) is 3.96. The van der Waals surface area contributed by atoms with Gasteiger partial charge in [-0.2, -0.15) is 0 Å². The van der Waals surface area contributed by atoms with Crippen LogP contribution in [0, 0.1) is 0 Å². The number of furan rings is 1. The molecule has 0 atom stereocenters. The lowest BCUT2D eigenvalue weighted by Crippen LogP contribution is -1.78. The molecule has 0 bridgehead atoms. The second-order valence-corrected chi connectivity index (χ2v) is 2.94. The lowest BCUT2D eigenvalue weighted by atomic mass is 10.2. The van der Waals surface area contributed by atoms with Gasteiger partial charge in [-0.15, -0.1) is 0 Å². The highest BCUT2D eigenvalue weighted by Crippen LogP contribution is 2.28. The highest BCUT2D eigenvalue weighted by Gasteiger charge is 2.07. The minimum absolute atomic E-state index is 0.0449. The van der Waals surface area contributed by atoms with Crippen LogP contribution in [0.4, 0.5) is 0 Å². The van der Waals surface area contributed by atoms with E-state index in [0.29, 0.717) is 10.6 Å². The third kappa shape index (κ3) is 1.00. The molecule has 0 amide bonds. The average molecular weight is 183 g/mol. The van der Waals surface area contributed by atoms with Crippen molar-refractivity contribution < 1.29 is 9.52 Å². The molecule has 1 N–H and O–H groups in total. The van der Waals surface area contributed by atoms with Gasteiger partial charge in [0.1, 0.15) is 5.58 Å². The van der Waals surface area contributed by atoms with Gasteiger partial charge >= 0.3 is 0 Å². The summed E-state index contributed by atoms with van der Waals surface area (Å²) in [5.74, 6) is 0. The molecule has 0 spiro atoms. The van der Waals surface area contributed by atoms with Gasteiger partial charge in [-0.05, 0) is 12.1 Å². The van der Waals surface area contributed by atoms with Gasteiger partial charge in [-0.25, -0.2) is 0 Å². The van der Waals surface area contributed by atoms with Crippen LogP contribution in [0.25, 0.3) is 11.0 Å². The average Bonchev–Trinajstić information content (AvgIpc) is 2.49. The molecule has 1 heterocycles. The zero-order valence-electron chi connectivity index (χ0n) is 6.25. The number of hydrogen-bond donors (Lipinski definition) is 1. The SMILES string of the molecule is OCc1coc2cccc(Cl)c12. The van der Waals surface area contributed by atoms with Gasteiger partial charge in [-0.1, -0.05) is 17.7 Å². The van der Waals surface area contributed by atoms with Crippen molar-refractivity contribution in [2.24, 2.45) is 0 Å². The number of benzene rings is 1. The number of fused-ring (bicyclic) bond motifs is 1. The largest absolute Gasteiger partial charge is 0.464 e. The molecule has 0 aliphatic heterocycles. The lowest BCUT2D eigenvalue weighted by molar-refractivity contribution is 0.282. The number of aliphatic hydroxyl groups is 1. The second-order valence-electron chi connectivity index (χ2n) is 2.53. The van der Waals surface area contributed by atoms with E-state index in [4.69, 9.17) is 21.1 Å². The van der Waals surface area contributed by atoms with Crippen molar-refractivity contribution in [2.75, 3.05) is 0 Å². The molecule has 2 nitrogen and oxygen atoms in total. The van der Waals surface area contributed by atoms with Gasteiger partial charge in [-0.3, -0.25) is 0 Å². The fourth-order valence-corrected chi connectivity index (χ4v) is 1.51. The van der Waals surface area contributed by atoms with Crippen molar-refractivity contribution in [1.82, 2.24) is 0 Å². The van der Waals surface area contributed by atoms with E-state index in [1.165, 1.54) is 6.26 Å². The monoisotopic (exact) mass is 182 g/mol. The molecule has 0 saturated carbocycles. The Morgan fingerprint density at radius 1 is 1.42 bits per heavy atom. The number of aliphatic hydroxyl groups excluding tert-OH is 1. The Labute approximate surface area is 74.4 Å². The molecular formula is C9H7ClO2. The number of hydrogen-bond acceptors (Lipinski definition) is 2. The van der Waals surface area contributed by atoms with E-state index in [1.54, 1.807) is 6.07 Å². The van der Waals surface area contributed by atoms with Crippen LogP contribution in [-0.4, -0.2) is 5.11 Å². The quantitative estimate of drug-likeness (QED) is 0.736. The van der Waals surface area contributed by atoms with E-state index in [2.05, 4.69) is 0 Å². The van der Waals surface area contributed by atoms with Crippen LogP contribution in [0.5, 0.6) is 0 Å². The van der Waals surface area contributed by atoms with Crippen molar-refractivity contribution in [2.45, 2.75) is 6.61 Å². The fourth-order valence-electron chi connectivity index (χ4n) is 1.22. The first-order chi connectivity index (χ1) is 5.83. The molecule has 2 rings (SSSR count). The van der Waals surface area contributed by atoms with E-state index >= 15 is 0 Å². The maximum absolute atomic E-state index is 8.93. The van der Waals surface area contributed by atoms with E-state index in [9.17, 15) is 0 Å². The van der Waals surface area contributed by atoms with Crippen molar-refractivity contribution in [1.29, 1.82) is 0 Å². The summed E-state index contributed by atoms with van der Waals surface area (Å²) in [5.41, 5.74) is 1.45. The van der Waals surface area contributed by atoms with Crippen LogP contribution in [0.2, 0.25) is 5.02 Å². The molecule has 12 heavy (non-hydrogen) atoms. The standard InChI is InChI=1S/C9H7ClO2/c10-7-2-1-3-8-9(7)6(4-11)5-12-8/h1-3,5,11H,4H2. The van der Waals surface area contributed by atoms with E-state index in [-0.39, 0.29) is 6.61 Å². The number of rotatable bonds is 1.